The highest BCUT2D eigenvalue weighted by Gasteiger charge is 2.16. The highest BCUT2D eigenvalue weighted by Crippen LogP contribution is 2.30. The summed E-state index contributed by atoms with van der Waals surface area (Å²) in [6.45, 7) is 0. The number of nitrogens with one attached hydrogen (secondary N) is 1. The molecular formula is C10H6Br2N2O3. The molecule has 0 aliphatic heterocycles. The molecule has 5 nitrogen and oxygen atoms in total. The van der Waals surface area contributed by atoms with Gasteiger partial charge < -0.3 is 10.4 Å². The first kappa shape index (κ1) is 13.7. The van der Waals surface area contributed by atoms with Gasteiger partial charge >= 0.3 is 5.97 Å². The van der Waals surface area contributed by atoms with Crippen LogP contribution in [0, 0.1) is 11.3 Å². The average Bonchev–Trinajstić information content (AvgIpc) is 2.21. The minimum Gasteiger partial charge on any atom is -0.478 e. The summed E-state index contributed by atoms with van der Waals surface area (Å²) in [6, 6.07) is 4.66. The summed E-state index contributed by atoms with van der Waals surface area (Å²) in [7, 11) is 0. The molecule has 0 radical (unpaired) electrons. The van der Waals surface area contributed by atoms with Crippen LogP contribution in [0.3, 0.4) is 0 Å². The van der Waals surface area contributed by atoms with Crippen molar-refractivity contribution in [2.75, 3.05) is 5.32 Å². The highest BCUT2D eigenvalue weighted by atomic mass is 79.9. The van der Waals surface area contributed by atoms with Crippen molar-refractivity contribution in [3.63, 3.8) is 0 Å². The number of rotatable bonds is 3. The average molecular weight is 362 g/mol. The Labute approximate surface area is 114 Å². The third-order valence-electron chi connectivity index (χ3n) is 1.79. The number of benzene rings is 1. The molecule has 1 rings (SSSR count). The second-order valence-corrected chi connectivity index (χ2v) is 4.77. The zero-order valence-electron chi connectivity index (χ0n) is 8.33. The van der Waals surface area contributed by atoms with Gasteiger partial charge in [-0.25, -0.2) is 4.79 Å². The third kappa shape index (κ3) is 3.54. The predicted octanol–water partition coefficient (Wildman–Crippen LogP) is 2.76. The number of carbonyl (C=O) groups is 2. The molecule has 0 saturated carbocycles. The van der Waals surface area contributed by atoms with Crippen LogP contribution in [-0.4, -0.2) is 17.0 Å². The van der Waals surface area contributed by atoms with Crippen LogP contribution in [0.4, 0.5) is 5.69 Å². The molecule has 88 valence electrons. The Morgan fingerprint density at radius 3 is 2.59 bits per heavy atom. The molecule has 0 aliphatic carbocycles. The number of amides is 1. The molecule has 0 spiro atoms. The molecule has 0 unspecified atom stereocenters. The third-order valence-corrected chi connectivity index (χ3v) is 2.87. The Balaban J connectivity index is 3.18. The highest BCUT2D eigenvalue weighted by molar-refractivity contribution is 9.11. The number of carbonyl (C=O) groups excluding carboxylic acids is 1. The van der Waals surface area contributed by atoms with E-state index in [4.69, 9.17) is 10.4 Å². The Hall–Kier alpha value is -1.39. The summed E-state index contributed by atoms with van der Waals surface area (Å²) in [5, 5.41) is 19.7. The van der Waals surface area contributed by atoms with E-state index in [1.807, 2.05) is 0 Å². The molecule has 17 heavy (non-hydrogen) atoms. The van der Waals surface area contributed by atoms with Crippen LogP contribution in [0.25, 0.3) is 0 Å². The first-order valence-corrected chi connectivity index (χ1v) is 5.93. The minimum atomic E-state index is -1.17. The second kappa shape index (κ2) is 5.80. The van der Waals surface area contributed by atoms with E-state index in [-0.39, 0.29) is 17.7 Å². The van der Waals surface area contributed by atoms with Crippen molar-refractivity contribution < 1.29 is 14.7 Å². The van der Waals surface area contributed by atoms with Gasteiger partial charge in [-0.1, -0.05) is 15.9 Å². The van der Waals surface area contributed by atoms with Gasteiger partial charge in [-0.05, 0) is 28.1 Å². The molecule has 7 heteroatoms. The Morgan fingerprint density at radius 1 is 1.41 bits per heavy atom. The predicted molar refractivity (Wildman–Crippen MR) is 67.7 cm³/mol. The molecule has 0 saturated heterocycles. The molecule has 2 N–H and O–H groups in total. The summed E-state index contributed by atoms with van der Waals surface area (Å²) in [4.78, 5) is 22.3. The van der Waals surface area contributed by atoms with Gasteiger partial charge in [-0.15, -0.1) is 0 Å². The van der Waals surface area contributed by atoms with Crippen molar-refractivity contribution in [2.24, 2.45) is 0 Å². The molecule has 0 aromatic heterocycles. The molecular weight excluding hydrogens is 356 g/mol. The molecule has 0 heterocycles. The van der Waals surface area contributed by atoms with Gasteiger partial charge in [-0.3, -0.25) is 4.79 Å². The number of carboxylic acids is 1. The number of halogens is 2. The van der Waals surface area contributed by atoms with Gasteiger partial charge in [-0.2, -0.15) is 5.26 Å². The number of nitrogens with zero attached hydrogens (tertiary/aromatic N) is 1. The first-order valence-electron chi connectivity index (χ1n) is 4.35. The van der Waals surface area contributed by atoms with E-state index in [1.165, 1.54) is 6.07 Å². The summed E-state index contributed by atoms with van der Waals surface area (Å²) >= 11 is 6.31. The van der Waals surface area contributed by atoms with Gasteiger partial charge in [0.05, 0.1) is 17.3 Å². The van der Waals surface area contributed by atoms with Crippen molar-refractivity contribution in [1.29, 1.82) is 5.26 Å². The number of aromatic carboxylic acids is 1. The Bertz CT molecular complexity index is 523. The number of hydrogen-bond acceptors (Lipinski definition) is 3. The lowest BCUT2D eigenvalue weighted by Gasteiger charge is -2.10. The summed E-state index contributed by atoms with van der Waals surface area (Å²) in [6.07, 6.45) is -0.332. The van der Waals surface area contributed by atoms with E-state index in [9.17, 15) is 9.59 Å². The van der Waals surface area contributed by atoms with Crippen LogP contribution in [0.5, 0.6) is 0 Å². The number of nitriles is 1. The number of carboxylic acid groups (broad SMARTS) is 1. The van der Waals surface area contributed by atoms with Crippen LogP contribution >= 0.6 is 31.9 Å². The van der Waals surface area contributed by atoms with Crippen molar-refractivity contribution in [3.8, 4) is 6.07 Å². The largest absolute Gasteiger partial charge is 0.478 e. The lowest BCUT2D eigenvalue weighted by molar-refractivity contribution is -0.115. The fraction of sp³-hybridized carbons (Fsp3) is 0.100. The van der Waals surface area contributed by atoms with Crippen molar-refractivity contribution >= 4 is 49.4 Å². The van der Waals surface area contributed by atoms with E-state index in [2.05, 4.69) is 37.2 Å². The van der Waals surface area contributed by atoms with Crippen LogP contribution in [0.2, 0.25) is 0 Å². The molecule has 1 aromatic carbocycles. The zero-order valence-corrected chi connectivity index (χ0v) is 11.5. The topological polar surface area (TPSA) is 90.2 Å². The Kier molecular flexibility index (Phi) is 4.66. The van der Waals surface area contributed by atoms with Gasteiger partial charge in [0, 0.05) is 8.95 Å². The number of hydrogen-bond donors (Lipinski definition) is 2. The lowest BCUT2D eigenvalue weighted by Crippen LogP contribution is -2.14. The van der Waals surface area contributed by atoms with E-state index < -0.39 is 11.9 Å². The zero-order chi connectivity index (χ0) is 13.0. The number of anilines is 1. The quantitative estimate of drug-likeness (QED) is 0.866. The Morgan fingerprint density at radius 2 is 2.06 bits per heavy atom. The van der Waals surface area contributed by atoms with Gasteiger partial charge in [0.2, 0.25) is 5.91 Å². The van der Waals surface area contributed by atoms with E-state index in [0.717, 1.165) is 0 Å². The fourth-order valence-corrected chi connectivity index (χ4v) is 2.45. The van der Waals surface area contributed by atoms with Crippen molar-refractivity contribution in [3.05, 3.63) is 26.6 Å². The van der Waals surface area contributed by atoms with Crippen LogP contribution < -0.4 is 5.32 Å². The lowest BCUT2D eigenvalue weighted by atomic mass is 10.2. The molecule has 0 aliphatic rings. The molecule has 1 aromatic rings. The van der Waals surface area contributed by atoms with Crippen LogP contribution in [0.15, 0.2) is 21.1 Å². The summed E-state index contributed by atoms with van der Waals surface area (Å²) < 4.78 is 0.996. The summed E-state index contributed by atoms with van der Waals surface area (Å²) in [5.74, 6) is -1.72. The van der Waals surface area contributed by atoms with E-state index >= 15 is 0 Å². The van der Waals surface area contributed by atoms with E-state index in [1.54, 1.807) is 12.1 Å². The van der Waals surface area contributed by atoms with Crippen LogP contribution in [0.1, 0.15) is 16.8 Å². The second-order valence-electron chi connectivity index (χ2n) is 3.00. The molecule has 1 amide bonds. The van der Waals surface area contributed by atoms with E-state index in [0.29, 0.717) is 8.95 Å². The SMILES string of the molecule is N#CCC(=O)Nc1c(Br)cc(Br)cc1C(=O)O. The van der Waals surface area contributed by atoms with Crippen molar-refractivity contribution in [2.45, 2.75) is 6.42 Å². The van der Waals surface area contributed by atoms with Gasteiger partial charge in [0.1, 0.15) is 6.42 Å². The maximum atomic E-state index is 11.3. The summed E-state index contributed by atoms with van der Waals surface area (Å²) in [5.41, 5.74) is 0.0819. The smallest absolute Gasteiger partial charge is 0.337 e. The van der Waals surface area contributed by atoms with Gasteiger partial charge in [0.25, 0.3) is 0 Å². The monoisotopic (exact) mass is 360 g/mol. The minimum absolute atomic E-state index is 0.0578. The van der Waals surface area contributed by atoms with Crippen LogP contribution in [-0.2, 0) is 4.79 Å². The molecule has 0 fully saturated rings. The normalized spacial score (nSPS) is 9.47. The molecule has 0 atom stereocenters. The molecule has 0 bridgehead atoms. The standard InChI is InChI=1S/C10H6Br2N2O3/c11-5-3-6(10(16)17)9(7(12)4-5)14-8(15)1-2-13/h3-4H,1H2,(H,14,15)(H,16,17). The first-order chi connectivity index (χ1) is 7.95. The van der Waals surface area contributed by atoms with Crippen molar-refractivity contribution in [1.82, 2.24) is 0 Å². The maximum absolute atomic E-state index is 11.3. The maximum Gasteiger partial charge on any atom is 0.337 e. The van der Waals surface area contributed by atoms with Gasteiger partial charge in [0.15, 0.2) is 0 Å². The fourth-order valence-electron chi connectivity index (χ4n) is 1.12.